The van der Waals surface area contributed by atoms with E-state index in [1.165, 1.54) is 60.3 Å². The lowest BCUT2D eigenvalue weighted by Gasteiger charge is -2.15. The fraction of sp³-hybridized carbons (Fsp3) is 0.111. The van der Waals surface area contributed by atoms with Gasteiger partial charge in [0, 0.05) is 12.1 Å². The molecule has 0 aromatic heterocycles. The van der Waals surface area contributed by atoms with Gasteiger partial charge in [0.25, 0.3) is 17.5 Å². The van der Waals surface area contributed by atoms with E-state index < -0.39 is 22.6 Å². The van der Waals surface area contributed by atoms with Crippen LogP contribution in [0.5, 0.6) is 0 Å². The monoisotopic (exact) mass is 372 g/mol. The Morgan fingerprint density at radius 3 is 2.19 bits per heavy atom. The number of nitro benzene ring substituents is 1. The zero-order valence-corrected chi connectivity index (χ0v) is 14.5. The first kappa shape index (κ1) is 17.8. The smallest absolute Gasteiger partial charge is 0.268 e. The van der Waals surface area contributed by atoms with Crippen LogP contribution in [0.1, 0.15) is 12.5 Å². The van der Waals surface area contributed by atoms with E-state index in [1.807, 2.05) is 6.92 Å². The molecule has 132 valence electrons. The molecule has 1 aliphatic heterocycles. The second kappa shape index (κ2) is 7.09. The van der Waals surface area contributed by atoms with Gasteiger partial charge in [0.05, 0.1) is 21.1 Å². The van der Waals surface area contributed by atoms with Gasteiger partial charge in [-0.2, -0.15) is 0 Å². The number of rotatable bonds is 5. The molecule has 2 amide bonds. The maximum Gasteiger partial charge on any atom is 0.272 e. The molecule has 0 N–H and O–H groups in total. The van der Waals surface area contributed by atoms with Crippen molar-refractivity contribution < 1.29 is 18.9 Å². The Kier molecular flexibility index (Phi) is 4.85. The molecule has 0 saturated heterocycles. The topological polar surface area (TPSA) is 80.5 Å². The molecule has 1 heterocycles. The summed E-state index contributed by atoms with van der Waals surface area (Å²) in [5, 5.41) is 10.8. The first-order valence-electron chi connectivity index (χ1n) is 7.70. The maximum absolute atomic E-state index is 13.2. The van der Waals surface area contributed by atoms with Crippen LogP contribution in [-0.4, -0.2) is 22.5 Å². The van der Waals surface area contributed by atoms with Crippen molar-refractivity contribution in [2.24, 2.45) is 0 Å². The van der Waals surface area contributed by atoms with Crippen LogP contribution >= 0.6 is 11.8 Å². The molecule has 0 aliphatic carbocycles. The van der Waals surface area contributed by atoms with Gasteiger partial charge in [0.2, 0.25) is 0 Å². The molecule has 2 aromatic rings. The van der Waals surface area contributed by atoms with Crippen LogP contribution in [0.3, 0.4) is 0 Å². The average Bonchev–Trinajstić information content (AvgIpc) is 2.87. The molecule has 1 aliphatic rings. The van der Waals surface area contributed by atoms with E-state index in [1.54, 1.807) is 0 Å². The molecule has 0 radical (unpaired) electrons. The Hall–Kier alpha value is -3.00. The van der Waals surface area contributed by atoms with Crippen molar-refractivity contribution in [1.82, 2.24) is 0 Å². The number of anilines is 1. The first-order chi connectivity index (χ1) is 12.4. The van der Waals surface area contributed by atoms with Crippen LogP contribution in [-0.2, 0) is 9.59 Å². The highest BCUT2D eigenvalue weighted by atomic mass is 32.2. The average molecular weight is 372 g/mol. The Balaban J connectivity index is 2.05. The summed E-state index contributed by atoms with van der Waals surface area (Å²) in [5.41, 5.74) is 0.786. The van der Waals surface area contributed by atoms with Crippen molar-refractivity contribution in [3.8, 4) is 0 Å². The van der Waals surface area contributed by atoms with Crippen LogP contribution in [0.2, 0.25) is 0 Å². The maximum atomic E-state index is 13.2. The molecule has 8 heteroatoms. The minimum atomic E-state index is -0.536. The summed E-state index contributed by atoms with van der Waals surface area (Å²) >= 11 is 1.23. The van der Waals surface area contributed by atoms with Crippen molar-refractivity contribution in [2.75, 3.05) is 10.7 Å². The van der Waals surface area contributed by atoms with E-state index in [-0.39, 0.29) is 21.9 Å². The van der Waals surface area contributed by atoms with Gasteiger partial charge in [-0.25, -0.2) is 9.29 Å². The number of thioether (sulfide) groups is 1. The SMILES string of the molecule is CCSC1=C(c2ccc([N+](=O)[O-])cc2)C(=O)N(c2ccc(F)cc2)C1=O. The highest BCUT2D eigenvalue weighted by molar-refractivity contribution is 8.04. The van der Waals surface area contributed by atoms with E-state index in [9.17, 15) is 24.1 Å². The molecule has 26 heavy (non-hydrogen) atoms. The van der Waals surface area contributed by atoms with E-state index >= 15 is 0 Å². The fourth-order valence-electron chi connectivity index (χ4n) is 2.62. The third-order valence-corrected chi connectivity index (χ3v) is 4.74. The quantitative estimate of drug-likeness (QED) is 0.453. The van der Waals surface area contributed by atoms with Crippen LogP contribution in [0.25, 0.3) is 5.57 Å². The van der Waals surface area contributed by atoms with Crippen molar-refractivity contribution >= 4 is 40.5 Å². The highest BCUT2D eigenvalue weighted by Crippen LogP contribution is 2.38. The van der Waals surface area contributed by atoms with E-state index in [2.05, 4.69) is 0 Å². The number of nitro groups is 1. The van der Waals surface area contributed by atoms with Gasteiger partial charge in [-0.3, -0.25) is 19.7 Å². The van der Waals surface area contributed by atoms with Gasteiger partial charge >= 0.3 is 0 Å². The number of amides is 2. The number of benzene rings is 2. The summed E-state index contributed by atoms with van der Waals surface area (Å²) in [6.07, 6.45) is 0. The zero-order chi connectivity index (χ0) is 18.8. The number of hydrogen-bond acceptors (Lipinski definition) is 5. The standard InChI is InChI=1S/C18H13FN2O4S/c1-2-26-16-15(11-3-7-14(8-4-11)21(24)25)17(22)20(18(16)23)13-9-5-12(19)6-10-13/h3-10H,2H2,1H3. The normalized spacial score (nSPS) is 14.3. The van der Waals surface area contributed by atoms with Gasteiger partial charge in [0.15, 0.2) is 0 Å². The minimum Gasteiger partial charge on any atom is -0.268 e. The van der Waals surface area contributed by atoms with Crippen LogP contribution < -0.4 is 4.90 Å². The number of carbonyl (C=O) groups excluding carboxylic acids is 2. The van der Waals surface area contributed by atoms with Crippen molar-refractivity contribution in [1.29, 1.82) is 0 Å². The molecular formula is C18H13FN2O4S. The van der Waals surface area contributed by atoms with Gasteiger partial charge in [0.1, 0.15) is 5.82 Å². The Labute approximate surface area is 152 Å². The molecule has 0 atom stereocenters. The van der Waals surface area contributed by atoms with Crippen LogP contribution in [0.4, 0.5) is 15.8 Å². The van der Waals surface area contributed by atoms with Crippen molar-refractivity contribution in [2.45, 2.75) is 6.92 Å². The van der Waals surface area contributed by atoms with Crippen molar-refractivity contribution in [3.63, 3.8) is 0 Å². The number of halogens is 1. The lowest BCUT2D eigenvalue weighted by molar-refractivity contribution is -0.384. The summed E-state index contributed by atoms with van der Waals surface area (Å²) in [6, 6.07) is 10.5. The summed E-state index contributed by atoms with van der Waals surface area (Å²) in [6.45, 7) is 1.85. The summed E-state index contributed by atoms with van der Waals surface area (Å²) in [5.74, 6) is -0.921. The second-order valence-corrected chi connectivity index (χ2v) is 6.64. The van der Waals surface area contributed by atoms with Gasteiger partial charge in [-0.1, -0.05) is 6.92 Å². The molecule has 2 aromatic carbocycles. The second-order valence-electron chi connectivity index (χ2n) is 5.36. The number of imide groups is 1. The molecule has 0 bridgehead atoms. The van der Waals surface area contributed by atoms with E-state index in [4.69, 9.17) is 0 Å². The molecule has 0 spiro atoms. The Morgan fingerprint density at radius 1 is 1.04 bits per heavy atom. The molecular weight excluding hydrogens is 359 g/mol. The summed E-state index contributed by atoms with van der Waals surface area (Å²) < 4.78 is 13.2. The van der Waals surface area contributed by atoms with Gasteiger partial charge < -0.3 is 0 Å². The molecule has 6 nitrogen and oxygen atoms in total. The number of non-ortho nitro benzene ring substituents is 1. The largest absolute Gasteiger partial charge is 0.272 e. The Morgan fingerprint density at radius 2 is 1.65 bits per heavy atom. The van der Waals surface area contributed by atoms with Gasteiger partial charge in [-0.05, 0) is 47.7 Å². The fourth-order valence-corrected chi connectivity index (χ4v) is 3.47. The minimum absolute atomic E-state index is 0.105. The number of nitrogens with zero attached hydrogens (tertiary/aromatic N) is 2. The van der Waals surface area contributed by atoms with E-state index in [0.29, 0.717) is 11.3 Å². The van der Waals surface area contributed by atoms with Gasteiger partial charge in [-0.15, -0.1) is 11.8 Å². The molecule has 0 saturated carbocycles. The molecule has 0 fully saturated rings. The summed E-state index contributed by atoms with van der Waals surface area (Å²) in [7, 11) is 0. The van der Waals surface area contributed by atoms with E-state index in [0.717, 1.165) is 4.90 Å². The third kappa shape index (κ3) is 3.11. The first-order valence-corrected chi connectivity index (χ1v) is 8.69. The predicted molar refractivity (Wildman–Crippen MR) is 97.0 cm³/mol. The highest BCUT2D eigenvalue weighted by Gasteiger charge is 2.40. The lowest BCUT2D eigenvalue weighted by atomic mass is 10.1. The van der Waals surface area contributed by atoms with Crippen molar-refractivity contribution in [3.05, 3.63) is 74.9 Å². The Bertz CT molecular complexity index is 923. The molecule has 3 rings (SSSR count). The van der Waals surface area contributed by atoms with Crippen LogP contribution in [0, 0.1) is 15.9 Å². The lowest BCUT2D eigenvalue weighted by Crippen LogP contribution is -2.31. The third-order valence-electron chi connectivity index (χ3n) is 3.78. The molecule has 0 unspecified atom stereocenters. The summed E-state index contributed by atoms with van der Waals surface area (Å²) in [4.78, 5) is 37.2. The number of hydrogen-bond donors (Lipinski definition) is 0. The van der Waals surface area contributed by atoms with Crippen LogP contribution in [0.15, 0.2) is 53.4 Å². The predicted octanol–water partition coefficient (Wildman–Crippen LogP) is 3.77. The zero-order valence-electron chi connectivity index (χ0n) is 13.6. The number of carbonyl (C=O) groups is 2.